The molecule has 1 aliphatic rings. The van der Waals surface area contributed by atoms with Crippen molar-refractivity contribution in [3.8, 4) is 0 Å². The third-order valence-electron chi connectivity index (χ3n) is 3.27. The summed E-state index contributed by atoms with van der Waals surface area (Å²) in [5.41, 5.74) is 0.849. The van der Waals surface area contributed by atoms with Crippen LogP contribution in [0.4, 0.5) is 0 Å². The molecule has 1 rings (SSSR count). The number of likely N-dealkylation sites (tertiary alicyclic amines) is 1. The summed E-state index contributed by atoms with van der Waals surface area (Å²) < 4.78 is 0. The lowest BCUT2D eigenvalue weighted by atomic mass is 9.94. The number of rotatable bonds is 6. The number of ketones is 1. The van der Waals surface area contributed by atoms with E-state index in [9.17, 15) is 14.4 Å². The fraction of sp³-hybridized carbons (Fsp3) is 0.714. The van der Waals surface area contributed by atoms with Gasteiger partial charge in [-0.1, -0.05) is 13.8 Å². The van der Waals surface area contributed by atoms with Crippen LogP contribution in [0.25, 0.3) is 0 Å². The normalized spacial score (nSPS) is 19.2. The molecule has 0 aliphatic carbocycles. The summed E-state index contributed by atoms with van der Waals surface area (Å²) in [6.07, 6.45) is 0.468. The zero-order valence-electron chi connectivity index (χ0n) is 12.1. The summed E-state index contributed by atoms with van der Waals surface area (Å²) in [7, 11) is 0. The smallest absolute Gasteiger partial charge is 0.233 e. The van der Waals surface area contributed by atoms with Crippen LogP contribution in [0.5, 0.6) is 0 Å². The van der Waals surface area contributed by atoms with Crippen LogP contribution in [0.15, 0.2) is 4.99 Å². The summed E-state index contributed by atoms with van der Waals surface area (Å²) in [4.78, 5) is 40.6. The van der Waals surface area contributed by atoms with Crippen LogP contribution in [0, 0.1) is 11.8 Å². The number of hydrogen-bond acceptors (Lipinski definition) is 4. The summed E-state index contributed by atoms with van der Waals surface area (Å²) >= 11 is 0. The van der Waals surface area contributed by atoms with Gasteiger partial charge in [-0.3, -0.25) is 24.3 Å². The van der Waals surface area contributed by atoms with Crippen molar-refractivity contribution >= 4 is 23.3 Å². The fourth-order valence-corrected chi connectivity index (χ4v) is 2.03. The molecule has 0 aromatic heterocycles. The van der Waals surface area contributed by atoms with Gasteiger partial charge in [-0.15, -0.1) is 0 Å². The molecule has 0 bridgehead atoms. The highest BCUT2D eigenvalue weighted by Gasteiger charge is 2.39. The summed E-state index contributed by atoms with van der Waals surface area (Å²) in [6.45, 7) is 7.85. The van der Waals surface area contributed by atoms with Crippen molar-refractivity contribution < 1.29 is 14.4 Å². The first-order chi connectivity index (χ1) is 8.82. The molecule has 1 saturated heterocycles. The van der Waals surface area contributed by atoms with E-state index in [0.717, 1.165) is 5.71 Å². The lowest BCUT2D eigenvalue weighted by Gasteiger charge is -2.15. The minimum atomic E-state index is -0.224. The van der Waals surface area contributed by atoms with Crippen molar-refractivity contribution in [2.75, 3.05) is 13.1 Å². The quantitative estimate of drug-likeness (QED) is 0.540. The van der Waals surface area contributed by atoms with Gasteiger partial charge in [0, 0.05) is 31.0 Å². The minimum Gasteiger partial charge on any atom is -0.298 e. The third kappa shape index (κ3) is 4.26. The van der Waals surface area contributed by atoms with Gasteiger partial charge in [-0.25, -0.2) is 0 Å². The number of imide groups is 1. The average molecular weight is 266 g/mol. The van der Waals surface area contributed by atoms with Crippen molar-refractivity contribution in [2.24, 2.45) is 16.8 Å². The largest absolute Gasteiger partial charge is 0.298 e. The number of carbonyl (C=O) groups is 3. The van der Waals surface area contributed by atoms with Crippen molar-refractivity contribution in [1.29, 1.82) is 0 Å². The van der Waals surface area contributed by atoms with E-state index >= 15 is 0 Å². The second-order valence-corrected chi connectivity index (χ2v) is 5.49. The maximum Gasteiger partial charge on any atom is 0.233 e. The van der Waals surface area contributed by atoms with Crippen LogP contribution in [0.1, 0.15) is 40.5 Å². The predicted molar refractivity (Wildman–Crippen MR) is 72.9 cm³/mol. The second-order valence-electron chi connectivity index (χ2n) is 5.49. The molecule has 1 aliphatic heterocycles. The molecule has 0 spiro atoms. The van der Waals surface area contributed by atoms with E-state index in [4.69, 9.17) is 0 Å². The molecule has 106 valence electrons. The highest BCUT2D eigenvalue weighted by atomic mass is 16.2. The first-order valence-electron chi connectivity index (χ1n) is 6.66. The second kappa shape index (κ2) is 6.59. The monoisotopic (exact) mass is 266 g/mol. The van der Waals surface area contributed by atoms with Crippen LogP contribution in [-0.2, 0) is 14.4 Å². The molecule has 0 radical (unpaired) electrons. The van der Waals surface area contributed by atoms with Crippen molar-refractivity contribution in [1.82, 2.24) is 4.90 Å². The van der Waals surface area contributed by atoms with Crippen LogP contribution < -0.4 is 0 Å². The fourth-order valence-electron chi connectivity index (χ4n) is 2.03. The number of nitrogens with zero attached hydrogens (tertiary/aromatic N) is 2. The summed E-state index contributed by atoms with van der Waals surface area (Å²) in [6, 6.07) is 0. The van der Waals surface area contributed by atoms with Crippen LogP contribution >= 0.6 is 0 Å². The van der Waals surface area contributed by atoms with Crippen molar-refractivity contribution in [3.63, 3.8) is 0 Å². The van der Waals surface area contributed by atoms with Crippen LogP contribution in [0.2, 0.25) is 0 Å². The molecular formula is C14H22N2O3. The molecule has 19 heavy (non-hydrogen) atoms. The Morgan fingerprint density at radius 3 is 2.47 bits per heavy atom. The molecule has 1 fully saturated rings. The van der Waals surface area contributed by atoms with Gasteiger partial charge in [0.25, 0.3) is 0 Å². The van der Waals surface area contributed by atoms with E-state index in [-0.39, 0.29) is 55.4 Å². The number of Topliss-reactive ketones (excluding diaryl/α,β-unsaturated/α-hetero) is 1. The molecular weight excluding hydrogens is 244 g/mol. The molecule has 1 heterocycles. The van der Waals surface area contributed by atoms with Gasteiger partial charge in [0.2, 0.25) is 11.8 Å². The minimum absolute atomic E-state index is 0.0465. The Morgan fingerprint density at radius 2 is 2.00 bits per heavy atom. The SMILES string of the molecule is CC(C)=NCC(=O)CCN1C(=O)CC(C(C)C)C1=O. The van der Waals surface area contributed by atoms with E-state index in [2.05, 4.69) is 4.99 Å². The number of carbonyl (C=O) groups excluding carboxylic acids is 3. The van der Waals surface area contributed by atoms with Crippen LogP contribution in [-0.4, -0.2) is 41.3 Å². The molecule has 0 aromatic rings. The number of aliphatic imine (C=N–C) groups is 1. The molecule has 0 N–H and O–H groups in total. The Hall–Kier alpha value is -1.52. The molecule has 0 saturated carbocycles. The van der Waals surface area contributed by atoms with Gasteiger partial charge in [-0.05, 0) is 19.8 Å². The Balaban J connectivity index is 2.50. The van der Waals surface area contributed by atoms with E-state index in [0.29, 0.717) is 0 Å². The molecule has 1 atom stereocenters. The first kappa shape index (κ1) is 15.5. The zero-order valence-corrected chi connectivity index (χ0v) is 12.1. The highest BCUT2D eigenvalue weighted by Crippen LogP contribution is 2.26. The van der Waals surface area contributed by atoms with E-state index in [1.807, 2.05) is 27.7 Å². The molecule has 1 unspecified atom stereocenters. The van der Waals surface area contributed by atoms with Crippen molar-refractivity contribution in [2.45, 2.75) is 40.5 Å². The molecule has 2 amide bonds. The Kier molecular flexibility index (Phi) is 5.39. The number of hydrogen-bond donors (Lipinski definition) is 0. The lowest BCUT2D eigenvalue weighted by Crippen LogP contribution is -2.33. The van der Waals surface area contributed by atoms with Crippen molar-refractivity contribution in [3.05, 3.63) is 0 Å². The summed E-state index contributed by atoms with van der Waals surface area (Å²) in [5.74, 6) is -0.410. The van der Waals surface area contributed by atoms with Gasteiger partial charge < -0.3 is 0 Å². The Morgan fingerprint density at radius 1 is 1.37 bits per heavy atom. The lowest BCUT2D eigenvalue weighted by molar-refractivity contribution is -0.139. The van der Waals surface area contributed by atoms with E-state index in [1.165, 1.54) is 4.90 Å². The predicted octanol–water partition coefficient (Wildman–Crippen LogP) is 1.46. The first-order valence-corrected chi connectivity index (χ1v) is 6.66. The Labute approximate surface area is 114 Å². The zero-order chi connectivity index (χ0) is 14.6. The molecule has 5 heteroatoms. The van der Waals surface area contributed by atoms with Crippen LogP contribution in [0.3, 0.4) is 0 Å². The van der Waals surface area contributed by atoms with Gasteiger partial charge >= 0.3 is 0 Å². The van der Waals surface area contributed by atoms with E-state index in [1.54, 1.807) is 0 Å². The topological polar surface area (TPSA) is 66.8 Å². The molecule has 5 nitrogen and oxygen atoms in total. The van der Waals surface area contributed by atoms with Gasteiger partial charge in [0.15, 0.2) is 5.78 Å². The van der Waals surface area contributed by atoms with Gasteiger partial charge in [-0.2, -0.15) is 0 Å². The Bertz CT molecular complexity index is 409. The molecule has 0 aromatic carbocycles. The van der Waals surface area contributed by atoms with Gasteiger partial charge in [0.1, 0.15) is 0 Å². The third-order valence-corrected chi connectivity index (χ3v) is 3.27. The maximum atomic E-state index is 12.0. The summed E-state index contributed by atoms with van der Waals surface area (Å²) in [5, 5.41) is 0. The van der Waals surface area contributed by atoms with E-state index < -0.39 is 0 Å². The highest BCUT2D eigenvalue weighted by molar-refractivity contribution is 6.04. The average Bonchev–Trinajstić information content (AvgIpc) is 2.60. The maximum absolute atomic E-state index is 12.0. The standard InChI is InChI=1S/C14H22N2O3/c1-9(2)12-7-13(18)16(14(12)19)6-5-11(17)8-15-10(3)4/h9,12H,5-8H2,1-4H3. The number of amides is 2. The van der Waals surface area contributed by atoms with Gasteiger partial charge in [0.05, 0.1) is 6.54 Å².